The summed E-state index contributed by atoms with van der Waals surface area (Å²) in [5.74, 6) is 2.36. The third kappa shape index (κ3) is 3.52. The van der Waals surface area contributed by atoms with Gasteiger partial charge in [0.15, 0.2) is 5.11 Å². The van der Waals surface area contributed by atoms with Crippen molar-refractivity contribution in [3.8, 4) is 0 Å². The molecule has 0 radical (unpaired) electrons. The van der Waals surface area contributed by atoms with E-state index in [4.69, 9.17) is 17.0 Å². The summed E-state index contributed by atoms with van der Waals surface area (Å²) in [6, 6.07) is 7.99. The molecule has 4 atom stereocenters. The Morgan fingerprint density at radius 3 is 2.40 bits per heavy atom. The lowest BCUT2D eigenvalue weighted by Crippen LogP contribution is -2.44. The van der Waals surface area contributed by atoms with Gasteiger partial charge in [0.05, 0.1) is 12.2 Å². The summed E-state index contributed by atoms with van der Waals surface area (Å²) < 4.78 is 5.03. The number of esters is 1. The van der Waals surface area contributed by atoms with Crippen molar-refractivity contribution >= 4 is 29.0 Å². The van der Waals surface area contributed by atoms with Crippen LogP contribution in [0.2, 0.25) is 0 Å². The third-order valence-corrected chi connectivity index (χ3v) is 6.35. The Morgan fingerprint density at radius 1 is 1.12 bits per heavy atom. The van der Waals surface area contributed by atoms with Gasteiger partial charge in [0.2, 0.25) is 0 Å². The zero-order valence-electron chi connectivity index (χ0n) is 14.7. The number of benzene rings is 1. The number of thiocarbonyl (C=S) groups is 1. The molecule has 4 bridgehead atoms. The Morgan fingerprint density at radius 2 is 1.76 bits per heavy atom. The molecule has 2 aliphatic heterocycles. The minimum Gasteiger partial charge on any atom is -0.462 e. The summed E-state index contributed by atoms with van der Waals surface area (Å²) >= 11 is 5.74. The molecule has 1 aromatic rings. The minimum absolute atomic E-state index is 0.280. The monoisotopic (exact) mass is 358 g/mol. The van der Waals surface area contributed by atoms with Gasteiger partial charge >= 0.3 is 5.97 Å². The average Bonchev–Trinajstić information content (AvgIpc) is 2.79. The lowest BCUT2D eigenvalue weighted by molar-refractivity contribution is 0.0526. The Labute approximate surface area is 154 Å². The van der Waals surface area contributed by atoms with Crippen LogP contribution in [-0.4, -0.2) is 35.2 Å². The van der Waals surface area contributed by atoms with Gasteiger partial charge in [-0.15, -0.1) is 0 Å². The molecule has 1 aromatic carbocycles. The molecule has 5 heteroatoms. The summed E-state index contributed by atoms with van der Waals surface area (Å²) in [7, 11) is 0. The Kier molecular flexibility index (Phi) is 4.67. The number of nitrogens with zero attached hydrogens (tertiary/aromatic N) is 1. The summed E-state index contributed by atoms with van der Waals surface area (Å²) in [5.41, 5.74) is 1.51. The first-order chi connectivity index (χ1) is 12.1. The molecule has 2 aliphatic carbocycles. The van der Waals surface area contributed by atoms with Crippen molar-refractivity contribution in [1.29, 1.82) is 0 Å². The van der Waals surface area contributed by atoms with E-state index in [0.29, 0.717) is 18.2 Å². The van der Waals surface area contributed by atoms with Crippen LogP contribution < -0.4 is 5.32 Å². The molecular formula is C20H26N2O2S. The number of fused-ring (bicyclic) bond motifs is 1. The van der Waals surface area contributed by atoms with Crippen molar-refractivity contribution in [2.75, 3.05) is 18.5 Å². The highest BCUT2D eigenvalue weighted by molar-refractivity contribution is 7.80. The quantitative estimate of drug-likeness (QED) is 0.652. The van der Waals surface area contributed by atoms with E-state index in [0.717, 1.165) is 35.1 Å². The van der Waals surface area contributed by atoms with E-state index >= 15 is 0 Å². The van der Waals surface area contributed by atoms with Crippen molar-refractivity contribution in [1.82, 2.24) is 4.90 Å². The van der Waals surface area contributed by atoms with Crippen LogP contribution in [0.5, 0.6) is 0 Å². The van der Waals surface area contributed by atoms with Gasteiger partial charge in [-0.3, -0.25) is 0 Å². The summed E-state index contributed by atoms with van der Waals surface area (Å²) in [4.78, 5) is 14.2. The second kappa shape index (κ2) is 6.94. The molecule has 2 saturated carbocycles. The number of nitrogens with one attached hydrogen (secondary N) is 1. The van der Waals surface area contributed by atoms with E-state index in [1.807, 2.05) is 19.1 Å². The fraction of sp³-hybridized carbons (Fsp3) is 0.600. The molecule has 2 unspecified atom stereocenters. The molecule has 2 heterocycles. The molecule has 4 nitrogen and oxygen atoms in total. The van der Waals surface area contributed by atoms with Crippen molar-refractivity contribution in [3.63, 3.8) is 0 Å². The van der Waals surface area contributed by atoms with Crippen molar-refractivity contribution in [2.45, 2.75) is 45.1 Å². The van der Waals surface area contributed by atoms with Gasteiger partial charge < -0.3 is 15.0 Å². The maximum absolute atomic E-state index is 11.7. The van der Waals surface area contributed by atoms with Crippen LogP contribution >= 0.6 is 12.2 Å². The zero-order valence-corrected chi connectivity index (χ0v) is 15.6. The predicted molar refractivity (Wildman–Crippen MR) is 103 cm³/mol. The van der Waals surface area contributed by atoms with Gasteiger partial charge in [0.25, 0.3) is 0 Å². The Balaban J connectivity index is 1.42. The van der Waals surface area contributed by atoms with Crippen LogP contribution in [0.1, 0.15) is 49.4 Å². The lowest BCUT2D eigenvalue weighted by Gasteiger charge is -2.39. The molecule has 134 valence electrons. The van der Waals surface area contributed by atoms with Crippen molar-refractivity contribution < 1.29 is 9.53 Å². The molecule has 2 saturated heterocycles. The molecule has 5 rings (SSSR count). The van der Waals surface area contributed by atoms with E-state index < -0.39 is 0 Å². The van der Waals surface area contributed by atoms with E-state index in [2.05, 4.69) is 10.2 Å². The smallest absolute Gasteiger partial charge is 0.338 e. The Bertz CT molecular complexity index is 646. The highest BCUT2D eigenvalue weighted by atomic mass is 32.1. The van der Waals surface area contributed by atoms with Gasteiger partial charge in [-0.05, 0) is 93.3 Å². The van der Waals surface area contributed by atoms with Gasteiger partial charge in [0.1, 0.15) is 0 Å². The number of hydrogen-bond acceptors (Lipinski definition) is 3. The first kappa shape index (κ1) is 16.8. The van der Waals surface area contributed by atoms with E-state index in [1.54, 1.807) is 12.1 Å². The lowest BCUT2D eigenvalue weighted by atomic mass is 9.68. The highest BCUT2D eigenvalue weighted by Crippen LogP contribution is 2.47. The second-order valence-corrected chi connectivity index (χ2v) is 8.20. The topological polar surface area (TPSA) is 41.6 Å². The minimum atomic E-state index is -0.280. The standard InChI is InChI=1S/C20H26N2O2S/c1-2-24-19(23)16-3-5-17(6-4-16)21-20(25)22-12-15-8-13-7-14(9-15)11-18(22)10-13/h3-6,13-15,18H,2,7-12H2,1H3,(H,21,25)/t13-,14+,15?,18?. The normalized spacial score (nSPS) is 30.0. The number of hydrogen-bond donors (Lipinski definition) is 1. The van der Waals surface area contributed by atoms with Gasteiger partial charge in [-0.25, -0.2) is 4.79 Å². The first-order valence-electron chi connectivity index (χ1n) is 9.47. The molecule has 0 spiro atoms. The maximum atomic E-state index is 11.7. The van der Waals surface area contributed by atoms with Crippen molar-refractivity contribution in [2.24, 2.45) is 17.8 Å². The van der Waals surface area contributed by atoms with E-state index in [1.165, 1.54) is 32.1 Å². The predicted octanol–water partition coefficient (Wildman–Crippen LogP) is 4.07. The fourth-order valence-electron chi connectivity index (χ4n) is 5.13. The van der Waals surface area contributed by atoms with Crippen molar-refractivity contribution in [3.05, 3.63) is 29.8 Å². The van der Waals surface area contributed by atoms with Crippen LogP contribution in [0.4, 0.5) is 5.69 Å². The van der Waals surface area contributed by atoms with Crippen LogP contribution in [0.3, 0.4) is 0 Å². The van der Waals surface area contributed by atoms with Crippen LogP contribution in [0.25, 0.3) is 0 Å². The van der Waals surface area contributed by atoms with E-state index in [-0.39, 0.29) is 5.97 Å². The van der Waals surface area contributed by atoms with Crippen LogP contribution in [0.15, 0.2) is 24.3 Å². The van der Waals surface area contributed by atoms with Crippen LogP contribution in [0, 0.1) is 17.8 Å². The summed E-state index contributed by atoms with van der Waals surface area (Å²) in [6.45, 7) is 3.31. The number of rotatable bonds is 3. The number of anilines is 1. The summed E-state index contributed by atoms with van der Waals surface area (Å²) in [6.07, 6.45) is 6.82. The maximum Gasteiger partial charge on any atom is 0.338 e. The molecule has 0 amide bonds. The molecule has 0 aromatic heterocycles. The second-order valence-electron chi connectivity index (χ2n) is 7.81. The largest absolute Gasteiger partial charge is 0.462 e. The molecule has 25 heavy (non-hydrogen) atoms. The fourth-order valence-corrected chi connectivity index (χ4v) is 5.47. The van der Waals surface area contributed by atoms with Gasteiger partial charge in [0, 0.05) is 18.3 Å². The first-order valence-corrected chi connectivity index (χ1v) is 9.88. The number of carbonyl (C=O) groups excluding carboxylic acids is 1. The average molecular weight is 359 g/mol. The zero-order chi connectivity index (χ0) is 17.4. The van der Waals surface area contributed by atoms with Gasteiger partial charge in [-0.1, -0.05) is 0 Å². The third-order valence-electron chi connectivity index (χ3n) is 6.01. The van der Waals surface area contributed by atoms with E-state index in [9.17, 15) is 4.79 Å². The highest BCUT2D eigenvalue weighted by Gasteiger charge is 2.43. The van der Waals surface area contributed by atoms with Crippen LogP contribution in [-0.2, 0) is 4.74 Å². The molecule has 1 N–H and O–H groups in total. The molecule has 4 fully saturated rings. The Hall–Kier alpha value is -1.62. The molecule has 4 aliphatic rings. The molecular weight excluding hydrogens is 332 g/mol. The SMILES string of the molecule is CCOC(=O)c1ccc(NC(=S)N2CC3C[C@@H]4CC2C[C@H](C3)C4)cc1. The number of carbonyl (C=O) groups is 1. The number of ether oxygens (including phenoxy) is 1. The summed E-state index contributed by atoms with van der Waals surface area (Å²) in [5, 5.41) is 4.22. The van der Waals surface area contributed by atoms with Gasteiger partial charge in [-0.2, -0.15) is 0 Å².